The molecule has 0 heterocycles. The van der Waals surface area contributed by atoms with E-state index in [1.54, 1.807) is 6.08 Å². The standard InChI is InChI=1S/C11H12F6O2/c12-10(13,14)9(18,11(15,16)17)5-19-8-4-6-1-2-7(8)3-6/h1-2,6-8,18H,3-5H2. The van der Waals surface area contributed by atoms with Gasteiger partial charge in [0.05, 0.1) is 12.7 Å². The van der Waals surface area contributed by atoms with Crippen molar-refractivity contribution in [1.29, 1.82) is 0 Å². The number of hydrogen-bond acceptors (Lipinski definition) is 2. The fraction of sp³-hybridized carbons (Fsp3) is 0.818. The van der Waals surface area contributed by atoms with Crippen LogP contribution in [0.4, 0.5) is 26.3 Å². The van der Waals surface area contributed by atoms with Crippen molar-refractivity contribution in [3.8, 4) is 0 Å². The lowest BCUT2D eigenvalue weighted by Crippen LogP contribution is -2.60. The average molecular weight is 290 g/mol. The zero-order chi connectivity index (χ0) is 14.5. The Morgan fingerprint density at radius 2 is 1.58 bits per heavy atom. The van der Waals surface area contributed by atoms with Gasteiger partial charge in [-0.2, -0.15) is 26.3 Å². The van der Waals surface area contributed by atoms with E-state index < -0.39 is 30.7 Å². The number of halogens is 6. The van der Waals surface area contributed by atoms with Crippen LogP contribution in [0.25, 0.3) is 0 Å². The Morgan fingerprint density at radius 3 is 1.95 bits per heavy atom. The Kier molecular flexibility index (Phi) is 3.37. The minimum atomic E-state index is -5.82. The van der Waals surface area contributed by atoms with Crippen molar-refractivity contribution >= 4 is 0 Å². The minimum Gasteiger partial charge on any atom is -0.374 e. The SMILES string of the molecule is OC(COC1CC2C=CC1C2)(C(F)(F)F)C(F)(F)F. The van der Waals surface area contributed by atoms with Gasteiger partial charge in [0.15, 0.2) is 0 Å². The van der Waals surface area contributed by atoms with Gasteiger partial charge in [0.2, 0.25) is 0 Å². The Labute approximate surface area is 105 Å². The molecule has 0 aromatic heterocycles. The van der Waals surface area contributed by atoms with Gasteiger partial charge in [-0.15, -0.1) is 0 Å². The van der Waals surface area contributed by atoms with E-state index in [1.165, 1.54) is 0 Å². The molecule has 0 saturated heterocycles. The molecular formula is C11H12F6O2. The van der Waals surface area contributed by atoms with Crippen LogP contribution < -0.4 is 0 Å². The van der Waals surface area contributed by atoms with Gasteiger partial charge in [0.25, 0.3) is 5.60 Å². The molecule has 110 valence electrons. The summed E-state index contributed by atoms with van der Waals surface area (Å²) < 4.78 is 79.1. The van der Waals surface area contributed by atoms with Crippen LogP contribution in [0.15, 0.2) is 12.2 Å². The van der Waals surface area contributed by atoms with Gasteiger partial charge < -0.3 is 9.84 Å². The van der Waals surface area contributed by atoms with Crippen molar-refractivity contribution in [3.05, 3.63) is 12.2 Å². The summed E-state index contributed by atoms with van der Waals surface area (Å²) in [5, 5.41) is 8.92. The fourth-order valence-corrected chi connectivity index (χ4v) is 2.47. The summed E-state index contributed by atoms with van der Waals surface area (Å²) in [6.45, 7) is -1.82. The van der Waals surface area contributed by atoms with Crippen LogP contribution in [0.5, 0.6) is 0 Å². The van der Waals surface area contributed by atoms with E-state index in [-0.39, 0.29) is 11.8 Å². The van der Waals surface area contributed by atoms with Crippen molar-refractivity contribution in [3.63, 3.8) is 0 Å². The summed E-state index contributed by atoms with van der Waals surface area (Å²) >= 11 is 0. The van der Waals surface area contributed by atoms with Gasteiger partial charge in [-0.25, -0.2) is 0 Å². The van der Waals surface area contributed by atoms with Gasteiger partial charge in [-0.3, -0.25) is 0 Å². The zero-order valence-electron chi connectivity index (χ0n) is 9.63. The number of ether oxygens (including phenoxy) is 1. The highest BCUT2D eigenvalue weighted by atomic mass is 19.4. The van der Waals surface area contributed by atoms with E-state index in [2.05, 4.69) is 0 Å². The first-order valence-corrected chi connectivity index (χ1v) is 5.70. The number of hydrogen-bond donors (Lipinski definition) is 1. The first kappa shape index (κ1) is 14.6. The quantitative estimate of drug-likeness (QED) is 0.640. The molecule has 0 spiro atoms. The minimum absolute atomic E-state index is 0.153. The van der Waals surface area contributed by atoms with Crippen LogP contribution in [0.3, 0.4) is 0 Å². The van der Waals surface area contributed by atoms with E-state index in [9.17, 15) is 26.3 Å². The maximum atomic E-state index is 12.4. The Hall–Kier alpha value is -0.760. The molecule has 2 aliphatic carbocycles. The second-order valence-electron chi connectivity index (χ2n) is 4.99. The molecule has 0 aliphatic heterocycles. The molecule has 0 aromatic rings. The van der Waals surface area contributed by atoms with E-state index in [1.807, 2.05) is 6.08 Å². The molecule has 2 aliphatic rings. The molecule has 8 heteroatoms. The summed E-state index contributed by atoms with van der Waals surface area (Å²) in [5.41, 5.74) is -4.81. The third-order valence-corrected chi connectivity index (χ3v) is 3.66. The van der Waals surface area contributed by atoms with E-state index in [0.29, 0.717) is 12.8 Å². The van der Waals surface area contributed by atoms with E-state index >= 15 is 0 Å². The molecule has 1 fully saturated rings. The average Bonchev–Trinajstić information content (AvgIpc) is 2.83. The van der Waals surface area contributed by atoms with Crippen molar-refractivity contribution in [2.45, 2.75) is 36.9 Å². The Morgan fingerprint density at radius 1 is 1.00 bits per heavy atom. The lowest BCUT2D eigenvalue weighted by molar-refractivity contribution is -0.380. The van der Waals surface area contributed by atoms with Crippen molar-refractivity contribution in [2.75, 3.05) is 6.61 Å². The summed E-state index contributed by atoms with van der Waals surface area (Å²) in [7, 11) is 0. The van der Waals surface area contributed by atoms with Crippen LogP contribution in [0.2, 0.25) is 0 Å². The van der Waals surface area contributed by atoms with Gasteiger partial charge in [-0.05, 0) is 18.8 Å². The van der Waals surface area contributed by atoms with Crippen LogP contribution in [0.1, 0.15) is 12.8 Å². The second-order valence-corrected chi connectivity index (χ2v) is 4.99. The Bertz CT molecular complexity index is 358. The summed E-state index contributed by atoms with van der Waals surface area (Å²) in [4.78, 5) is 0. The first-order chi connectivity index (χ1) is 8.54. The Balaban J connectivity index is 2.04. The lowest BCUT2D eigenvalue weighted by atomic mass is 10.0. The molecular weight excluding hydrogens is 278 g/mol. The topological polar surface area (TPSA) is 29.5 Å². The van der Waals surface area contributed by atoms with Crippen LogP contribution in [-0.2, 0) is 4.74 Å². The molecule has 3 atom stereocenters. The highest BCUT2D eigenvalue weighted by Crippen LogP contribution is 2.45. The third kappa shape index (κ3) is 2.47. The number of fused-ring (bicyclic) bond motifs is 2. The van der Waals surface area contributed by atoms with Crippen LogP contribution >= 0.6 is 0 Å². The van der Waals surface area contributed by atoms with Gasteiger partial charge in [-0.1, -0.05) is 12.2 Å². The van der Waals surface area contributed by atoms with Crippen molar-refractivity contribution < 1.29 is 36.2 Å². The molecule has 0 amide bonds. The van der Waals surface area contributed by atoms with Gasteiger partial charge >= 0.3 is 12.4 Å². The van der Waals surface area contributed by atoms with Crippen LogP contribution in [-0.4, -0.2) is 35.8 Å². The monoisotopic (exact) mass is 290 g/mol. The third-order valence-electron chi connectivity index (χ3n) is 3.66. The van der Waals surface area contributed by atoms with Crippen molar-refractivity contribution in [2.24, 2.45) is 11.8 Å². The summed E-state index contributed by atoms with van der Waals surface area (Å²) in [6, 6.07) is 0. The molecule has 2 nitrogen and oxygen atoms in total. The molecule has 2 rings (SSSR count). The van der Waals surface area contributed by atoms with Gasteiger partial charge in [0, 0.05) is 5.92 Å². The molecule has 0 aromatic carbocycles. The van der Waals surface area contributed by atoms with Crippen LogP contribution in [0, 0.1) is 11.8 Å². The molecule has 19 heavy (non-hydrogen) atoms. The maximum absolute atomic E-state index is 12.4. The van der Waals surface area contributed by atoms with E-state index in [0.717, 1.165) is 0 Å². The number of aliphatic hydroxyl groups is 1. The molecule has 0 radical (unpaired) electrons. The largest absolute Gasteiger partial charge is 0.428 e. The molecule has 1 saturated carbocycles. The highest BCUT2D eigenvalue weighted by Gasteiger charge is 2.71. The first-order valence-electron chi connectivity index (χ1n) is 5.70. The fourth-order valence-electron chi connectivity index (χ4n) is 2.47. The maximum Gasteiger partial charge on any atom is 0.428 e. The summed E-state index contributed by atoms with van der Waals surface area (Å²) in [5.74, 6) is -0.00409. The zero-order valence-corrected chi connectivity index (χ0v) is 9.63. The smallest absolute Gasteiger partial charge is 0.374 e. The van der Waals surface area contributed by atoms with Crippen molar-refractivity contribution in [1.82, 2.24) is 0 Å². The summed E-state index contributed by atoms with van der Waals surface area (Å²) in [6.07, 6.45) is -7.64. The van der Waals surface area contributed by atoms with Gasteiger partial charge in [0.1, 0.15) is 0 Å². The number of allylic oxidation sites excluding steroid dienone is 1. The lowest BCUT2D eigenvalue weighted by Gasteiger charge is -2.33. The number of alkyl halides is 6. The number of rotatable bonds is 3. The molecule has 3 unspecified atom stereocenters. The second kappa shape index (κ2) is 4.37. The molecule has 2 bridgehead atoms. The van der Waals surface area contributed by atoms with E-state index in [4.69, 9.17) is 9.84 Å². The highest BCUT2D eigenvalue weighted by molar-refractivity contribution is 5.11. The molecule has 1 N–H and O–H groups in total. The normalized spacial score (nSPS) is 31.2. The predicted octanol–water partition coefficient (Wildman–Crippen LogP) is 2.82. The predicted molar refractivity (Wildman–Crippen MR) is 52.2 cm³/mol.